The predicted molar refractivity (Wildman–Crippen MR) is 218 cm³/mol. The van der Waals surface area contributed by atoms with Crippen LogP contribution in [0.2, 0.25) is 0 Å². The van der Waals surface area contributed by atoms with Gasteiger partial charge < -0.3 is 44.2 Å². The van der Waals surface area contributed by atoms with Gasteiger partial charge in [-0.2, -0.15) is 0 Å². The lowest BCUT2D eigenvalue weighted by Crippen LogP contribution is -2.46. The molecule has 5 rings (SSSR count). The van der Waals surface area contributed by atoms with Gasteiger partial charge in [-0.25, -0.2) is 0 Å². The highest BCUT2D eigenvalue weighted by atomic mass is 16.5. The maximum atomic E-state index is 13.5. The number of rotatable bonds is 25. The Morgan fingerprint density at radius 3 is 2.25 bits per heavy atom. The van der Waals surface area contributed by atoms with Gasteiger partial charge in [0.15, 0.2) is 11.6 Å². The molecule has 308 valence electrons. The molecular formula is C43H59N7O7. The zero-order valence-electron chi connectivity index (χ0n) is 33.7. The van der Waals surface area contributed by atoms with Gasteiger partial charge in [-0.15, -0.1) is 10.2 Å². The normalized spacial score (nSPS) is 14.5. The summed E-state index contributed by atoms with van der Waals surface area (Å²) in [4.78, 5) is 34.5. The smallest absolute Gasteiger partial charge is 0.305 e. The fourth-order valence-electron chi connectivity index (χ4n) is 6.60. The lowest BCUT2D eigenvalue weighted by molar-refractivity contribution is -0.141. The molecule has 0 saturated carbocycles. The van der Waals surface area contributed by atoms with Crippen molar-refractivity contribution in [2.75, 3.05) is 78.8 Å². The number of benzene rings is 2. The molecule has 1 atom stereocenters. The van der Waals surface area contributed by atoms with E-state index >= 15 is 0 Å². The monoisotopic (exact) mass is 785 g/mol. The van der Waals surface area contributed by atoms with Crippen molar-refractivity contribution in [3.63, 3.8) is 0 Å². The molecule has 3 heterocycles. The second-order valence-electron chi connectivity index (χ2n) is 14.4. The minimum absolute atomic E-state index is 0.152. The van der Waals surface area contributed by atoms with Gasteiger partial charge in [0.05, 0.1) is 51.7 Å². The summed E-state index contributed by atoms with van der Waals surface area (Å²) in [6.07, 6.45) is 10.2. The van der Waals surface area contributed by atoms with E-state index in [0.717, 1.165) is 80.0 Å². The quantitative estimate of drug-likeness (QED) is 0.0507. The molecule has 57 heavy (non-hydrogen) atoms. The molecule has 1 amide bonds. The Morgan fingerprint density at radius 1 is 0.825 bits per heavy atom. The molecule has 0 bridgehead atoms. The number of ether oxygens (including phenoxy) is 5. The standard InChI is InChI=1S/C43H59N7O7/c1-33(35-11-9-14-38(32-35)57-26-7-5-4-6-24-54-27-29-56-30-28-55-25-10-15-39(51)53-3)45-41(52)36-12-8-13-37(31-36)47-43(18-22-50(2)23-19-43)42-46-40(48-49-42)34-16-20-44-21-17-34/h8-9,11-14,16-17,20-21,31-33,47H,4-7,10,15,18-19,22-30H2,1-3H3,(H,45,52)(H,46,48,49). The third-order valence-corrected chi connectivity index (χ3v) is 10.0. The summed E-state index contributed by atoms with van der Waals surface area (Å²) in [7, 11) is 3.51. The van der Waals surface area contributed by atoms with Crippen LogP contribution in [0.25, 0.3) is 11.4 Å². The van der Waals surface area contributed by atoms with Gasteiger partial charge >= 0.3 is 5.97 Å². The fraction of sp³-hybridized carbons (Fsp3) is 0.512. The minimum atomic E-state index is -0.467. The summed E-state index contributed by atoms with van der Waals surface area (Å²) >= 11 is 0. The molecule has 14 nitrogen and oxygen atoms in total. The number of carbonyl (C=O) groups is 2. The van der Waals surface area contributed by atoms with E-state index in [1.807, 2.05) is 67.6 Å². The third kappa shape index (κ3) is 14.2. The van der Waals surface area contributed by atoms with Crippen molar-refractivity contribution < 1.29 is 33.3 Å². The van der Waals surface area contributed by atoms with Crippen LogP contribution in [0.1, 0.15) is 86.1 Å². The Bertz CT molecular complexity index is 1780. The van der Waals surface area contributed by atoms with Crippen molar-refractivity contribution in [3.05, 3.63) is 90.0 Å². The van der Waals surface area contributed by atoms with Crippen LogP contribution in [-0.2, 0) is 29.3 Å². The number of nitrogens with zero attached hydrogens (tertiary/aromatic N) is 4. The molecule has 0 aliphatic carbocycles. The molecule has 1 fully saturated rings. The van der Waals surface area contributed by atoms with Crippen LogP contribution in [0.15, 0.2) is 73.1 Å². The zero-order valence-corrected chi connectivity index (χ0v) is 33.7. The van der Waals surface area contributed by atoms with Gasteiger partial charge in [0.25, 0.3) is 5.91 Å². The summed E-state index contributed by atoms with van der Waals surface area (Å²) in [5, 5.41) is 16.0. The summed E-state index contributed by atoms with van der Waals surface area (Å²) in [6, 6.07) is 19.2. The van der Waals surface area contributed by atoms with Crippen LogP contribution in [0.3, 0.4) is 0 Å². The number of anilines is 1. The number of unbranched alkanes of at least 4 members (excludes halogenated alkanes) is 3. The highest BCUT2D eigenvalue weighted by molar-refractivity contribution is 5.95. The number of nitrogens with one attached hydrogen (secondary N) is 3. The van der Waals surface area contributed by atoms with E-state index in [4.69, 9.17) is 18.9 Å². The van der Waals surface area contributed by atoms with Crippen LogP contribution < -0.4 is 15.4 Å². The highest BCUT2D eigenvalue weighted by Crippen LogP contribution is 2.35. The zero-order chi connectivity index (χ0) is 40.1. The first-order chi connectivity index (χ1) is 27.8. The summed E-state index contributed by atoms with van der Waals surface area (Å²) in [5.74, 6) is 1.90. The molecule has 1 aliphatic rings. The molecular weight excluding hydrogens is 727 g/mol. The SMILES string of the molecule is COC(=O)CCCOCCOCCOCCCCCCOc1cccc(C(C)NC(=O)c2cccc(NC3(c4nnc(-c5ccncc5)[nH]4)CCN(C)CC3)c2)c1. The number of methoxy groups -OCH3 is 1. The average Bonchev–Trinajstić information content (AvgIpc) is 3.75. The van der Waals surface area contributed by atoms with E-state index < -0.39 is 5.54 Å². The molecule has 2 aromatic heterocycles. The largest absolute Gasteiger partial charge is 0.494 e. The Kier molecular flexibility index (Phi) is 17.7. The van der Waals surface area contributed by atoms with E-state index in [1.54, 1.807) is 12.4 Å². The number of hydrogen-bond acceptors (Lipinski definition) is 12. The van der Waals surface area contributed by atoms with Crippen LogP contribution in [0, 0.1) is 0 Å². The van der Waals surface area contributed by atoms with E-state index in [-0.39, 0.29) is 17.9 Å². The van der Waals surface area contributed by atoms with Gasteiger partial charge in [0.1, 0.15) is 5.75 Å². The average molecular weight is 786 g/mol. The predicted octanol–water partition coefficient (Wildman–Crippen LogP) is 6.33. The number of piperidine rings is 1. The second kappa shape index (κ2) is 23.4. The number of aromatic nitrogens is 4. The third-order valence-electron chi connectivity index (χ3n) is 10.0. The van der Waals surface area contributed by atoms with Crippen molar-refractivity contribution in [1.29, 1.82) is 0 Å². The van der Waals surface area contributed by atoms with Gasteiger partial charge in [-0.3, -0.25) is 14.6 Å². The molecule has 0 spiro atoms. The Morgan fingerprint density at radius 2 is 1.51 bits per heavy atom. The number of amides is 1. The number of hydrogen-bond donors (Lipinski definition) is 3. The van der Waals surface area contributed by atoms with E-state index in [9.17, 15) is 9.59 Å². The van der Waals surface area contributed by atoms with Crippen LogP contribution in [-0.4, -0.2) is 110 Å². The topological polar surface area (TPSA) is 162 Å². The molecule has 1 unspecified atom stereocenters. The number of esters is 1. The van der Waals surface area contributed by atoms with E-state index in [2.05, 4.69) is 47.5 Å². The second-order valence-corrected chi connectivity index (χ2v) is 14.4. The molecule has 3 N–H and O–H groups in total. The maximum absolute atomic E-state index is 13.5. The van der Waals surface area contributed by atoms with Gasteiger partial charge in [-0.05, 0) is 101 Å². The van der Waals surface area contributed by atoms with E-state index in [0.29, 0.717) is 70.5 Å². The fourth-order valence-corrected chi connectivity index (χ4v) is 6.60. The lowest BCUT2D eigenvalue weighted by Gasteiger charge is -2.40. The molecule has 1 saturated heterocycles. The molecule has 1 aliphatic heterocycles. The van der Waals surface area contributed by atoms with E-state index in [1.165, 1.54) is 7.11 Å². The summed E-state index contributed by atoms with van der Waals surface area (Å²) in [5.41, 5.74) is 2.85. The Balaban J connectivity index is 0.994. The van der Waals surface area contributed by atoms with Crippen LogP contribution in [0.5, 0.6) is 5.75 Å². The molecule has 2 aromatic carbocycles. The lowest BCUT2D eigenvalue weighted by atomic mass is 9.86. The minimum Gasteiger partial charge on any atom is -0.494 e. The number of likely N-dealkylation sites (tertiary alicyclic amines) is 1. The number of pyridine rings is 1. The number of carbonyl (C=O) groups excluding carboxylic acids is 2. The van der Waals surface area contributed by atoms with Crippen molar-refractivity contribution >= 4 is 17.6 Å². The van der Waals surface area contributed by atoms with Crippen molar-refractivity contribution in [2.24, 2.45) is 0 Å². The summed E-state index contributed by atoms with van der Waals surface area (Å²) < 4.78 is 27.3. The highest BCUT2D eigenvalue weighted by Gasteiger charge is 2.39. The summed E-state index contributed by atoms with van der Waals surface area (Å²) in [6.45, 7) is 7.72. The van der Waals surface area contributed by atoms with Crippen molar-refractivity contribution in [2.45, 2.75) is 69.9 Å². The first kappa shape index (κ1) is 43.2. The number of aromatic amines is 1. The van der Waals surface area contributed by atoms with Crippen LogP contribution in [0.4, 0.5) is 5.69 Å². The number of H-pyrrole nitrogens is 1. The molecule has 0 radical (unpaired) electrons. The maximum Gasteiger partial charge on any atom is 0.305 e. The Labute approximate surface area is 336 Å². The Hall–Kier alpha value is -4.89. The first-order valence-corrected chi connectivity index (χ1v) is 20.1. The van der Waals surface area contributed by atoms with Gasteiger partial charge in [0.2, 0.25) is 0 Å². The van der Waals surface area contributed by atoms with Gasteiger partial charge in [0, 0.05) is 61.9 Å². The first-order valence-electron chi connectivity index (χ1n) is 20.1. The molecule has 14 heteroatoms. The van der Waals surface area contributed by atoms with Gasteiger partial charge in [-0.1, -0.05) is 24.6 Å². The van der Waals surface area contributed by atoms with Crippen LogP contribution >= 0.6 is 0 Å². The van der Waals surface area contributed by atoms with Crippen molar-refractivity contribution in [3.8, 4) is 17.1 Å². The molecule has 4 aromatic rings. The van der Waals surface area contributed by atoms with Crippen molar-refractivity contribution in [1.82, 2.24) is 30.4 Å².